The Morgan fingerprint density at radius 1 is 1.27 bits per heavy atom. The SMILES string of the molecule is CC1(C)NC(=O)N(CC(=O)N[C@H](c2ccc(F)cc2)C2CCCC2)C1=O. The molecular weight excluding hydrogens is 337 g/mol. The first-order valence-electron chi connectivity index (χ1n) is 8.97. The minimum atomic E-state index is -1.00. The zero-order chi connectivity index (χ0) is 18.9. The summed E-state index contributed by atoms with van der Waals surface area (Å²) >= 11 is 0. The molecule has 7 heteroatoms. The van der Waals surface area contributed by atoms with Gasteiger partial charge in [0.2, 0.25) is 5.91 Å². The van der Waals surface area contributed by atoms with E-state index in [9.17, 15) is 18.8 Å². The topological polar surface area (TPSA) is 78.5 Å². The number of carbonyl (C=O) groups excluding carboxylic acids is 3. The lowest BCUT2D eigenvalue weighted by Gasteiger charge is -2.26. The predicted molar refractivity (Wildman–Crippen MR) is 93.6 cm³/mol. The quantitative estimate of drug-likeness (QED) is 0.791. The lowest BCUT2D eigenvalue weighted by Crippen LogP contribution is -2.44. The third-order valence-corrected chi connectivity index (χ3v) is 5.16. The molecule has 1 aliphatic heterocycles. The Morgan fingerprint density at radius 3 is 2.42 bits per heavy atom. The molecule has 0 radical (unpaired) electrons. The molecule has 0 aromatic heterocycles. The Bertz CT molecular complexity index is 711. The molecule has 1 aromatic carbocycles. The van der Waals surface area contributed by atoms with Gasteiger partial charge in [0.1, 0.15) is 17.9 Å². The van der Waals surface area contributed by atoms with Crippen LogP contribution in [0.5, 0.6) is 0 Å². The molecule has 2 N–H and O–H groups in total. The highest BCUT2D eigenvalue weighted by atomic mass is 19.1. The van der Waals surface area contributed by atoms with Crippen LogP contribution in [0.25, 0.3) is 0 Å². The Labute approximate surface area is 152 Å². The minimum absolute atomic E-state index is 0.251. The number of benzene rings is 1. The first-order chi connectivity index (χ1) is 12.3. The third kappa shape index (κ3) is 3.71. The van der Waals surface area contributed by atoms with Crippen molar-refractivity contribution in [2.45, 2.75) is 51.1 Å². The smallest absolute Gasteiger partial charge is 0.325 e. The Hall–Kier alpha value is -2.44. The van der Waals surface area contributed by atoms with Gasteiger partial charge in [-0.15, -0.1) is 0 Å². The second kappa shape index (κ2) is 7.05. The van der Waals surface area contributed by atoms with Gasteiger partial charge in [0.15, 0.2) is 0 Å². The molecule has 140 valence electrons. The summed E-state index contributed by atoms with van der Waals surface area (Å²) in [5, 5.41) is 5.52. The molecule has 2 aliphatic rings. The number of rotatable bonds is 5. The number of nitrogens with one attached hydrogen (secondary N) is 2. The van der Waals surface area contributed by atoms with Crippen LogP contribution in [0, 0.1) is 11.7 Å². The van der Waals surface area contributed by atoms with Crippen LogP contribution in [0.15, 0.2) is 24.3 Å². The van der Waals surface area contributed by atoms with E-state index in [1.54, 1.807) is 26.0 Å². The van der Waals surface area contributed by atoms with E-state index < -0.39 is 23.4 Å². The first-order valence-corrected chi connectivity index (χ1v) is 8.97. The van der Waals surface area contributed by atoms with Gasteiger partial charge in [-0.3, -0.25) is 14.5 Å². The number of imide groups is 1. The number of halogens is 1. The summed E-state index contributed by atoms with van der Waals surface area (Å²) in [5.41, 5.74) is -0.164. The van der Waals surface area contributed by atoms with E-state index in [2.05, 4.69) is 10.6 Å². The molecule has 26 heavy (non-hydrogen) atoms. The lowest BCUT2D eigenvalue weighted by molar-refractivity contribution is -0.134. The van der Waals surface area contributed by atoms with Crippen molar-refractivity contribution in [3.8, 4) is 0 Å². The molecule has 1 heterocycles. The van der Waals surface area contributed by atoms with E-state index in [0.29, 0.717) is 0 Å². The maximum Gasteiger partial charge on any atom is 0.325 e. The first kappa shape index (κ1) is 18.4. The van der Waals surface area contributed by atoms with Gasteiger partial charge < -0.3 is 10.6 Å². The van der Waals surface area contributed by atoms with E-state index >= 15 is 0 Å². The molecule has 2 fully saturated rings. The van der Waals surface area contributed by atoms with Crippen molar-refractivity contribution in [2.75, 3.05) is 6.54 Å². The molecule has 1 aromatic rings. The lowest BCUT2D eigenvalue weighted by atomic mass is 9.91. The van der Waals surface area contributed by atoms with Crippen LogP contribution in [0.4, 0.5) is 9.18 Å². The fourth-order valence-corrected chi connectivity index (χ4v) is 3.76. The molecule has 4 amide bonds. The van der Waals surface area contributed by atoms with Crippen LogP contribution in [-0.2, 0) is 9.59 Å². The Morgan fingerprint density at radius 2 is 1.88 bits per heavy atom. The average molecular weight is 361 g/mol. The zero-order valence-corrected chi connectivity index (χ0v) is 15.0. The molecule has 0 bridgehead atoms. The highest BCUT2D eigenvalue weighted by Gasteiger charge is 2.45. The van der Waals surface area contributed by atoms with E-state index in [-0.39, 0.29) is 24.3 Å². The van der Waals surface area contributed by atoms with Gasteiger partial charge in [-0.05, 0) is 50.3 Å². The number of nitrogens with zero attached hydrogens (tertiary/aromatic N) is 1. The zero-order valence-electron chi connectivity index (χ0n) is 15.0. The molecular formula is C19H24FN3O3. The summed E-state index contributed by atoms with van der Waals surface area (Å²) < 4.78 is 13.2. The van der Waals surface area contributed by atoms with Crippen LogP contribution in [-0.4, -0.2) is 34.8 Å². The highest BCUT2D eigenvalue weighted by molar-refractivity contribution is 6.08. The predicted octanol–water partition coefficient (Wildman–Crippen LogP) is 2.50. The number of carbonyl (C=O) groups is 3. The maximum atomic E-state index is 13.2. The fourth-order valence-electron chi connectivity index (χ4n) is 3.76. The molecule has 6 nitrogen and oxygen atoms in total. The average Bonchev–Trinajstić information content (AvgIpc) is 3.17. The molecule has 0 unspecified atom stereocenters. The van der Waals surface area contributed by atoms with Crippen molar-refractivity contribution in [1.82, 2.24) is 15.5 Å². The molecule has 0 spiro atoms. The van der Waals surface area contributed by atoms with E-state index in [1.807, 2.05) is 0 Å². The van der Waals surface area contributed by atoms with Crippen molar-refractivity contribution < 1.29 is 18.8 Å². The van der Waals surface area contributed by atoms with E-state index in [0.717, 1.165) is 36.1 Å². The van der Waals surface area contributed by atoms with Gasteiger partial charge in [-0.1, -0.05) is 25.0 Å². The van der Waals surface area contributed by atoms with Gasteiger partial charge in [0.25, 0.3) is 5.91 Å². The molecule has 3 rings (SSSR count). The minimum Gasteiger partial charge on any atom is -0.347 e. The van der Waals surface area contributed by atoms with Crippen LogP contribution < -0.4 is 10.6 Å². The molecule has 1 saturated carbocycles. The summed E-state index contributed by atoms with van der Waals surface area (Å²) in [6, 6.07) is 5.30. The Balaban J connectivity index is 1.72. The summed E-state index contributed by atoms with van der Waals surface area (Å²) in [7, 11) is 0. The van der Waals surface area contributed by atoms with E-state index in [4.69, 9.17) is 0 Å². The van der Waals surface area contributed by atoms with Crippen molar-refractivity contribution >= 4 is 17.8 Å². The van der Waals surface area contributed by atoms with Crippen molar-refractivity contribution in [3.63, 3.8) is 0 Å². The van der Waals surface area contributed by atoms with Gasteiger partial charge in [-0.25, -0.2) is 9.18 Å². The highest BCUT2D eigenvalue weighted by Crippen LogP contribution is 2.35. The normalized spacial score (nSPS) is 21.0. The largest absolute Gasteiger partial charge is 0.347 e. The number of amides is 4. The summed E-state index contributed by atoms with van der Waals surface area (Å²) in [6.07, 6.45) is 4.16. The summed E-state index contributed by atoms with van der Waals surface area (Å²) in [5.74, 6) is -0.875. The fraction of sp³-hybridized carbons (Fsp3) is 0.526. The van der Waals surface area contributed by atoms with Crippen LogP contribution in [0.1, 0.15) is 51.1 Å². The second-order valence-electron chi connectivity index (χ2n) is 7.59. The third-order valence-electron chi connectivity index (χ3n) is 5.16. The number of hydrogen-bond donors (Lipinski definition) is 2. The van der Waals surface area contributed by atoms with Gasteiger partial charge in [-0.2, -0.15) is 0 Å². The van der Waals surface area contributed by atoms with Gasteiger partial charge in [0, 0.05) is 0 Å². The Kier molecular flexibility index (Phi) is 4.98. The number of hydrogen-bond acceptors (Lipinski definition) is 3. The van der Waals surface area contributed by atoms with Crippen LogP contribution >= 0.6 is 0 Å². The molecule has 1 aliphatic carbocycles. The summed E-state index contributed by atoms with van der Waals surface area (Å²) in [4.78, 5) is 37.7. The van der Waals surface area contributed by atoms with Crippen molar-refractivity contribution in [1.29, 1.82) is 0 Å². The number of urea groups is 1. The van der Waals surface area contributed by atoms with Crippen molar-refractivity contribution in [2.24, 2.45) is 5.92 Å². The van der Waals surface area contributed by atoms with Crippen LogP contribution in [0.2, 0.25) is 0 Å². The van der Waals surface area contributed by atoms with Gasteiger partial charge in [0.05, 0.1) is 6.04 Å². The summed E-state index contributed by atoms with van der Waals surface area (Å²) in [6.45, 7) is 2.88. The standard InChI is InChI=1S/C19H24FN3O3/c1-19(2)17(25)23(18(26)22-19)11-15(24)21-16(12-5-3-4-6-12)13-7-9-14(20)10-8-13/h7-10,12,16H,3-6,11H2,1-2H3,(H,21,24)(H,22,26)/t16-/m0/s1. The van der Waals surface area contributed by atoms with E-state index in [1.165, 1.54) is 12.1 Å². The second-order valence-corrected chi connectivity index (χ2v) is 7.59. The van der Waals surface area contributed by atoms with Crippen LogP contribution in [0.3, 0.4) is 0 Å². The molecule has 1 atom stereocenters. The monoisotopic (exact) mass is 361 g/mol. The molecule has 1 saturated heterocycles. The maximum absolute atomic E-state index is 13.2. The van der Waals surface area contributed by atoms with Crippen molar-refractivity contribution in [3.05, 3.63) is 35.6 Å². The van der Waals surface area contributed by atoms with Gasteiger partial charge >= 0.3 is 6.03 Å².